The van der Waals surface area contributed by atoms with Crippen molar-refractivity contribution in [2.75, 3.05) is 30.9 Å². The van der Waals surface area contributed by atoms with Crippen molar-refractivity contribution in [3.05, 3.63) is 72.8 Å². The normalized spacial score (nSPS) is 12.6. The van der Waals surface area contributed by atoms with Gasteiger partial charge in [-0.05, 0) is 23.8 Å². The van der Waals surface area contributed by atoms with Gasteiger partial charge in [-0.15, -0.1) is 0 Å². The Kier molecular flexibility index (Phi) is 7.12. The second-order valence-electron chi connectivity index (χ2n) is 7.49. The topological polar surface area (TPSA) is 108 Å². The van der Waals surface area contributed by atoms with Gasteiger partial charge in [-0.25, -0.2) is 8.42 Å². The van der Waals surface area contributed by atoms with E-state index < -0.39 is 34.1 Å². The highest BCUT2D eigenvalue weighted by atomic mass is 32.2. The lowest BCUT2D eigenvalue weighted by Crippen LogP contribution is -2.22. The van der Waals surface area contributed by atoms with Crippen LogP contribution in [0.4, 0.5) is 5.69 Å². The number of benzene rings is 3. The number of amides is 1. The van der Waals surface area contributed by atoms with E-state index in [4.69, 9.17) is 14.2 Å². The third-order valence-electron chi connectivity index (χ3n) is 5.10. The molecule has 0 unspecified atom stereocenters. The fourth-order valence-electron chi connectivity index (χ4n) is 3.42. The van der Waals surface area contributed by atoms with E-state index >= 15 is 0 Å². The number of carbonyl (C=O) groups excluding carboxylic acids is 2. The summed E-state index contributed by atoms with van der Waals surface area (Å²) >= 11 is 0. The molecule has 8 nitrogen and oxygen atoms in total. The van der Waals surface area contributed by atoms with Gasteiger partial charge in [-0.2, -0.15) is 0 Å². The number of sulfone groups is 1. The number of nitrogens with one attached hydrogen (secondary N) is 1. The van der Waals surface area contributed by atoms with E-state index in [2.05, 4.69) is 5.32 Å². The van der Waals surface area contributed by atoms with Crippen LogP contribution in [0.3, 0.4) is 0 Å². The fraction of sp³-hybridized carbons (Fsp3) is 0.200. The molecule has 1 aliphatic rings. The summed E-state index contributed by atoms with van der Waals surface area (Å²) in [7, 11) is -3.75. The molecular weight excluding hydrogens is 458 g/mol. The lowest BCUT2D eigenvalue weighted by atomic mass is 10.0. The van der Waals surface area contributed by atoms with Crippen molar-refractivity contribution in [2.24, 2.45) is 0 Å². The summed E-state index contributed by atoms with van der Waals surface area (Å²) in [5.41, 5.74) is 2.34. The number of para-hydroxylation sites is 1. The smallest absolute Gasteiger partial charge is 0.307 e. The standard InChI is InChI=1S/C25H23NO7S/c27-24(26-21-9-5-4-8-20(21)18-6-2-1-3-7-18)17-33-25(28)12-15-34(29,30)19-10-11-22-23(16-19)32-14-13-31-22/h1-11,16H,12-15,17H2,(H,26,27). The van der Waals surface area contributed by atoms with Crippen LogP contribution in [-0.2, 0) is 24.2 Å². The lowest BCUT2D eigenvalue weighted by molar-refractivity contribution is -0.146. The Morgan fingerprint density at radius 1 is 0.882 bits per heavy atom. The summed E-state index contributed by atoms with van der Waals surface area (Å²) in [4.78, 5) is 24.4. The second kappa shape index (κ2) is 10.4. The highest BCUT2D eigenvalue weighted by molar-refractivity contribution is 7.91. The number of esters is 1. The van der Waals surface area contributed by atoms with Crippen LogP contribution in [-0.4, -0.2) is 45.9 Å². The number of anilines is 1. The molecule has 1 N–H and O–H groups in total. The summed E-state index contributed by atoms with van der Waals surface area (Å²) in [5, 5.41) is 2.73. The molecule has 176 valence electrons. The molecule has 1 amide bonds. The predicted octanol–water partition coefficient (Wildman–Crippen LogP) is 3.47. The van der Waals surface area contributed by atoms with Gasteiger partial charge in [0.15, 0.2) is 27.9 Å². The molecule has 0 bridgehead atoms. The molecule has 0 saturated heterocycles. The first-order chi connectivity index (χ1) is 16.4. The molecule has 0 radical (unpaired) electrons. The largest absolute Gasteiger partial charge is 0.486 e. The van der Waals surface area contributed by atoms with Gasteiger partial charge >= 0.3 is 5.97 Å². The zero-order chi connectivity index (χ0) is 24.0. The first-order valence-corrected chi connectivity index (χ1v) is 12.3. The number of rotatable bonds is 8. The molecular formula is C25H23NO7S. The summed E-state index contributed by atoms with van der Waals surface area (Å²) in [6, 6.07) is 21.1. The molecule has 0 aromatic heterocycles. The van der Waals surface area contributed by atoms with Crippen LogP contribution in [0.2, 0.25) is 0 Å². The first-order valence-electron chi connectivity index (χ1n) is 10.6. The molecule has 4 rings (SSSR count). The molecule has 0 spiro atoms. The molecule has 9 heteroatoms. The second-order valence-corrected chi connectivity index (χ2v) is 9.60. The maximum Gasteiger partial charge on any atom is 0.307 e. The number of ether oxygens (including phenoxy) is 3. The molecule has 0 saturated carbocycles. The molecule has 3 aromatic rings. The van der Waals surface area contributed by atoms with Crippen molar-refractivity contribution in [1.82, 2.24) is 0 Å². The van der Waals surface area contributed by atoms with Gasteiger partial charge in [0, 0.05) is 17.3 Å². The van der Waals surface area contributed by atoms with Gasteiger partial charge in [0.2, 0.25) is 0 Å². The molecule has 0 fully saturated rings. The van der Waals surface area contributed by atoms with E-state index in [1.54, 1.807) is 12.1 Å². The average Bonchev–Trinajstić information content (AvgIpc) is 2.87. The quantitative estimate of drug-likeness (QED) is 0.491. The van der Waals surface area contributed by atoms with E-state index in [1.165, 1.54) is 18.2 Å². The maximum absolute atomic E-state index is 12.6. The van der Waals surface area contributed by atoms with Gasteiger partial charge in [-0.3, -0.25) is 9.59 Å². The molecule has 1 heterocycles. The number of carbonyl (C=O) groups is 2. The van der Waals surface area contributed by atoms with Crippen LogP contribution < -0.4 is 14.8 Å². The zero-order valence-corrected chi connectivity index (χ0v) is 19.0. The lowest BCUT2D eigenvalue weighted by Gasteiger charge is -2.18. The monoisotopic (exact) mass is 481 g/mol. The van der Waals surface area contributed by atoms with E-state index in [-0.39, 0.29) is 11.3 Å². The first kappa shape index (κ1) is 23.3. The molecule has 3 aromatic carbocycles. The predicted molar refractivity (Wildman–Crippen MR) is 126 cm³/mol. The van der Waals surface area contributed by atoms with Gasteiger partial charge in [0.05, 0.1) is 17.1 Å². The minimum atomic E-state index is -3.75. The van der Waals surface area contributed by atoms with E-state index in [0.717, 1.165) is 11.1 Å². The van der Waals surface area contributed by atoms with Crippen molar-refractivity contribution in [2.45, 2.75) is 11.3 Å². The Balaban J connectivity index is 1.30. The Labute approximate surface area is 197 Å². The van der Waals surface area contributed by atoms with Crippen molar-refractivity contribution >= 4 is 27.4 Å². The molecule has 0 aliphatic carbocycles. The van der Waals surface area contributed by atoms with Crippen molar-refractivity contribution < 1.29 is 32.2 Å². The van der Waals surface area contributed by atoms with Crippen molar-refractivity contribution in [1.29, 1.82) is 0 Å². The zero-order valence-electron chi connectivity index (χ0n) is 18.2. The van der Waals surface area contributed by atoms with Crippen molar-refractivity contribution in [3.8, 4) is 22.6 Å². The summed E-state index contributed by atoms with van der Waals surface area (Å²) in [5.74, 6) is -0.935. The summed E-state index contributed by atoms with van der Waals surface area (Å²) in [6.07, 6.45) is -0.384. The van der Waals surface area contributed by atoms with Gasteiger partial charge < -0.3 is 19.5 Å². The van der Waals surface area contributed by atoms with Gasteiger partial charge in [0.1, 0.15) is 13.2 Å². The fourth-order valence-corrected chi connectivity index (χ4v) is 4.65. The van der Waals surface area contributed by atoms with Crippen molar-refractivity contribution in [3.63, 3.8) is 0 Å². The number of fused-ring (bicyclic) bond motifs is 1. The molecule has 34 heavy (non-hydrogen) atoms. The van der Waals surface area contributed by atoms with Gasteiger partial charge in [-0.1, -0.05) is 48.5 Å². The Hall–Kier alpha value is -3.85. The van der Waals surface area contributed by atoms with Crippen LogP contribution in [0.25, 0.3) is 11.1 Å². The minimum Gasteiger partial charge on any atom is -0.486 e. The highest BCUT2D eigenvalue weighted by Crippen LogP contribution is 2.32. The van der Waals surface area contributed by atoms with E-state index in [9.17, 15) is 18.0 Å². The van der Waals surface area contributed by atoms with E-state index in [1.807, 2.05) is 42.5 Å². The third kappa shape index (κ3) is 5.74. The van der Waals surface area contributed by atoms with Crippen LogP contribution in [0.1, 0.15) is 6.42 Å². The van der Waals surface area contributed by atoms with E-state index in [0.29, 0.717) is 30.4 Å². The van der Waals surface area contributed by atoms with Crippen LogP contribution in [0.15, 0.2) is 77.7 Å². The maximum atomic E-state index is 12.6. The third-order valence-corrected chi connectivity index (χ3v) is 6.81. The van der Waals surface area contributed by atoms with Crippen LogP contribution in [0, 0.1) is 0 Å². The Morgan fingerprint density at radius 3 is 2.38 bits per heavy atom. The SMILES string of the molecule is O=C(COC(=O)CCS(=O)(=O)c1ccc2c(c1)OCCO2)Nc1ccccc1-c1ccccc1. The average molecular weight is 482 g/mol. The highest BCUT2D eigenvalue weighted by Gasteiger charge is 2.21. The summed E-state index contributed by atoms with van der Waals surface area (Å²) in [6.45, 7) is 0.211. The summed E-state index contributed by atoms with van der Waals surface area (Å²) < 4.78 is 41.0. The number of hydrogen-bond donors (Lipinski definition) is 1. The Bertz CT molecular complexity index is 1290. The molecule has 1 aliphatic heterocycles. The van der Waals surface area contributed by atoms with Crippen LogP contribution in [0.5, 0.6) is 11.5 Å². The molecule has 0 atom stereocenters. The van der Waals surface area contributed by atoms with Gasteiger partial charge in [0.25, 0.3) is 5.91 Å². The minimum absolute atomic E-state index is 0.0276. The number of hydrogen-bond acceptors (Lipinski definition) is 7. The van der Waals surface area contributed by atoms with Crippen LogP contribution >= 0.6 is 0 Å². The Morgan fingerprint density at radius 2 is 1.59 bits per heavy atom.